The van der Waals surface area contributed by atoms with E-state index in [1.54, 1.807) is 11.3 Å². The second kappa shape index (κ2) is 4.88. The Kier molecular flexibility index (Phi) is 3.77. The smallest absolute Gasteiger partial charge is 0.0931 e. The Morgan fingerprint density at radius 2 is 2.43 bits per heavy atom. The Bertz CT molecular complexity index is 300. The van der Waals surface area contributed by atoms with E-state index < -0.39 is 0 Å². The molecule has 14 heavy (non-hydrogen) atoms. The number of nitrogens with one attached hydrogen (secondary N) is 1. The van der Waals surface area contributed by atoms with Crippen LogP contribution in [0.3, 0.4) is 0 Å². The minimum absolute atomic E-state index is 0.681. The van der Waals surface area contributed by atoms with Crippen LogP contribution in [0, 0.1) is 0 Å². The van der Waals surface area contributed by atoms with Crippen molar-refractivity contribution in [3.8, 4) is 0 Å². The van der Waals surface area contributed by atoms with Crippen molar-refractivity contribution in [2.45, 2.75) is 31.2 Å². The van der Waals surface area contributed by atoms with Crippen LogP contribution < -0.4 is 5.32 Å². The summed E-state index contributed by atoms with van der Waals surface area (Å²) in [5, 5.41) is 4.35. The van der Waals surface area contributed by atoms with E-state index in [2.05, 4.69) is 30.1 Å². The van der Waals surface area contributed by atoms with Crippen molar-refractivity contribution in [1.29, 1.82) is 0 Å². The molecule has 2 unspecified atom stereocenters. The van der Waals surface area contributed by atoms with Crippen LogP contribution in [0.15, 0.2) is 12.1 Å². The van der Waals surface area contributed by atoms with Crippen molar-refractivity contribution in [2.75, 3.05) is 5.75 Å². The first-order valence-electron chi connectivity index (χ1n) is 4.85. The van der Waals surface area contributed by atoms with Gasteiger partial charge in [0.25, 0.3) is 0 Å². The minimum Gasteiger partial charge on any atom is -0.308 e. The van der Waals surface area contributed by atoms with E-state index in [0.717, 1.165) is 16.1 Å². The fourth-order valence-electron chi connectivity index (χ4n) is 1.68. The summed E-state index contributed by atoms with van der Waals surface area (Å²) < 4.78 is 0.885. The summed E-state index contributed by atoms with van der Waals surface area (Å²) in [6.45, 7) is 3.27. The van der Waals surface area contributed by atoms with Gasteiger partial charge in [-0.15, -0.1) is 11.3 Å². The Balaban J connectivity index is 1.82. The SMILES string of the molecule is CC1SCCC1NCc1ccc(Cl)s1. The third-order valence-corrected chi connectivity index (χ3v) is 5.10. The molecule has 1 saturated heterocycles. The van der Waals surface area contributed by atoms with Gasteiger partial charge in [0.15, 0.2) is 0 Å². The average Bonchev–Trinajstić information content (AvgIpc) is 2.72. The number of thiophene rings is 1. The fraction of sp³-hybridized carbons (Fsp3) is 0.600. The molecule has 0 amide bonds. The highest BCUT2D eigenvalue weighted by Gasteiger charge is 2.23. The maximum Gasteiger partial charge on any atom is 0.0931 e. The number of thioether (sulfide) groups is 1. The normalized spacial score (nSPS) is 27.0. The van der Waals surface area contributed by atoms with Crippen LogP contribution in [0.2, 0.25) is 4.34 Å². The van der Waals surface area contributed by atoms with Gasteiger partial charge in [-0.1, -0.05) is 18.5 Å². The molecule has 4 heteroatoms. The molecule has 1 aromatic heterocycles. The zero-order valence-electron chi connectivity index (χ0n) is 8.13. The lowest BCUT2D eigenvalue weighted by Crippen LogP contribution is -2.32. The third kappa shape index (κ3) is 2.66. The average molecular weight is 248 g/mol. The highest BCUT2D eigenvalue weighted by molar-refractivity contribution is 8.00. The van der Waals surface area contributed by atoms with Crippen LogP contribution in [0.1, 0.15) is 18.2 Å². The van der Waals surface area contributed by atoms with Crippen molar-refractivity contribution in [3.63, 3.8) is 0 Å². The summed E-state index contributed by atoms with van der Waals surface area (Å²) in [5.41, 5.74) is 0. The van der Waals surface area contributed by atoms with Crippen LogP contribution in [-0.2, 0) is 6.54 Å². The lowest BCUT2D eigenvalue weighted by atomic mass is 10.2. The van der Waals surface area contributed by atoms with Gasteiger partial charge in [-0.2, -0.15) is 11.8 Å². The van der Waals surface area contributed by atoms with Crippen LogP contribution >= 0.6 is 34.7 Å². The van der Waals surface area contributed by atoms with Crippen LogP contribution in [0.5, 0.6) is 0 Å². The predicted molar refractivity (Wildman–Crippen MR) is 66.5 cm³/mol. The molecule has 78 valence electrons. The molecular weight excluding hydrogens is 234 g/mol. The van der Waals surface area contributed by atoms with Gasteiger partial charge < -0.3 is 5.32 Å². The van der Waals surface area contributed by atoms with Crippen molar-refractivity contribution in [2.24, 2.45) is 0 Å². The zero-order valence-corrected chi connectivity index (χ0v) is 10.5. The van der Waals surface area contributed by atoms with Gasteiger partial charge in [-0.25, -0.2) is 0 Å². The van der Waals surface area contributed by atoms with Gasteiger partial charge in [0.05, 0.1) is 4.34 Å². The standard InChI is InChI=1S/C10H14ClNS2/c1-7-9(4-5-13-7)12-6-8-2-3-10(11)14-8/h2-3,7,9,12H,4-6H2,1H3. The van der Waals surface area contributed by atoms with Crippen LogP contribution in [0.4, 0.5) is 0 Å². The molecule has 1 N–H and O–H groups in total. The first-order chi connectivity index (χ1) is 6.75. The van der Waals surface area contributed by atoms with E-state index in [9.17, 15) is 0 Å². The second-order valence-corrected chi connectivity index (χ2v) is 6.84. The third-order valence-electron chi connectivity index (χ3n) is 2.54. The lowest BCUT2D eigenvalue weighted by Gasteiger charge is -2.15. The van der Waals surface area contributed by atoms with Gasteiger partial charge in [-0.05, 0) is 24.3 Å². The molecule has 2 rings (SSSR count). The number of halogens is 1. The number of hydrogen-bond acceptors (Lipinski definition) is 3. The summed E-state index contributed by atoms with van der Waals surface area (Å²) in [7, 11) is 0. The van der Waals surface area contributed by atoms with Crippen molar-refractivity contribution < 1.29 is 0 Å². The molecule has 1 nitrogen and oxygen atoms in total. The number of rotatable bonds is 3. The molecule has 0 aromatic carbocycles. The molecule has 0 spiro atoms. The van der Waals surface area contributed by atoms with E-state index in [-0.39, 0.29) is 0 Å². The molecule has 0 saturated carbocycles. The minimum atomic E-state index is 0.681. The molecule has 2 atom stereocenters. The first-order valence-corrected chi connectivity index (χ1v) is 7.09. The molecule has 1 aromatic rings. The maximum absolute atomic E-state index is 5.87. The highest BCUT2D eigenvalue weighted by atomic mass is 35.5. The Labute approximate surface area is 98.2 Å². The quantitative estimate of drug-likeness (QED) is 0.879. The highest BCUT2D eigenvalue weighted by Crippen LogP contribution is 2.27. The van der Waals surface area contributed by atoms with Gasteiger partial charge in [-0.3, -0.25) is 0 Å². The fourth-order valence-corrected chi connectivity index (χ4v) is 3.94. The summed E-state index contributed by atoms with van der Waals surface area (Å²) in [4.78, 5) is 1.33. The van der Waals surface area contributed by atoms with E-state index in [1.807, 2.05) is 6.07 Å². The summed E-state index contributed by atoms with van der Waals surface area (Å²) in [6.07, 6.45) is 1.30. The van der Waals surface area contributed by atoms with E-state index in [0.29, 0.717) is 6.04 Å². The Morgan fingerprint density at radius 1 is 1.57 bits per heavy atom. The molecule has 0 aliphatic carbocycles. The first kappa shape index (κ1) is 10.8. The van der Waals surface area contributed by atoms with Gasteiger partial charge in [0.1, 0.15) is 0 Å². The zero-order chi connectivity index (χ0) is 9.97. The topological polar surface area (TPSA) is 12.0 Å². The van der Waals surface area contributed by atoms with Gasteiger partial charge in [0, 0.05) is 22.7 Å². The Morgan fingerprint density at radius 3 is 3.00 bits per heavy atom. The molecule has 0 bridgehead atoms. The van der Waals surface area contributed by atoms with Gasteiger partial charge >= 0.3 is 0 Å². The van der Waals surface area contributed by atoms with Crippen LogP contribution in [-0.4, -0.2) is 17.0 Å². The van der Waals surface area contributed by atoms with Crippen molar-refractivity contribution in [3.05, 3.63) is 21.3 Å². The van der Waals surface area contributed by atoms with E-state index in [4.69, 9.17) is 11.6 Å². The number of hydrogen-bond donors (Lipinski definition) is 1. The van der Waals surface area contributed by atoms with E-state index in [1.165, 1.54) is 17.1 Å². The van der Waals surface area contributed by atoms with Crippen molar-refractivity contribution >= 4 is 34.7 Å². The van der Waals surface area contributed by atoms with E-state index >= 15 is 0 Å². The lowest BCUT2D eigenvalue weighted by molar-refractivity contribution is 0.515. The summed E-state index contributed by atoms with van der Waals surface area (Å²) >= 11 is 9.60. The second-order valence-electron chi connectivity index (χ2n) is 3.56. The molecular formula is C10H14ClNS2. The van der Waals surface area contributed by atoms with Crippen LogP contribution in [0.25, 0.3) is 0 Å². The van der Waals surface area contributed by atoms with Gasteiger partial charge in [0.2, 0.25) is 0 Å². The predicted octanol–water partition coefficient (Wildman–Crippen LogP) is 3.39. The monoisotopic (exact) mass is 247 g/mol. The molecule has 2 heterocycles. The molecule has 0 radical (unpaired) electrons. The maximum atomic E-state index is 5.87. The largest absolute Gasteiger partial charge is 0.308 e. The summed E-state index contributed by atoms with van der Waals surface area (Å²) in [5.74, 6) is 1.30. The Hall–Kier alpha value is 0.300. The molecule has 1 aliphatic heterocycles. The molecule has 1 aliphatic rings. The van der Waals surface area contributed by atoms with Crippen molar-refractivity contribution in [1.82, 2.24) is 5.32 Å². The summed E-state index contributed by atoms with van der Waals surface area (Å²) in [6, 6.07) is 4.75. The molecule has 1 fully saturated rings.